The number of hydrogen-bond donors (Lipinski definition) is 2. The van der Waals surface area contributed by atoms with E-state index in [2.05, 4.69) is 131 Å². The largest absolute Gasteiger partial charge is 0.372 e. The zero-order valence-corrected chi connectivity index (χ0v) is 24.3. The van der Waals surface area contributed by atoms with Crippen molar-refractivity contribution in [3.8, 4) is 11.8 Å². The van der Waals surface area contributed by atoms with Gasteiger partial charge in [-0.2, -0.15) is 0 Å². The van der Waals surface area contributed by atoms with Crippen LogP contribution in [0.1, 0.15) is 69.1 Å². The monoisotopic (exact) mass is 519 g/mol. The van der Waals surface area contributed by atoms with Crippen molar-refractivity contribution < 1.29 is 4.79 Å². The Morgan fingerprint density at radius 1 is 1.03 bits per heavy atom. The number of aryl methyl sites for hydroxylation is 1. The molecule has 0 fully saturated rings. The highest BCUT2D eigenvalue weighted by Gasteiger charge is 2.11. The Balaban J connectivity index is 0.000000341. The summed E-state index contributed by atoms with van der Waals surface area (Å²) in [5.74, 6) is 6.96. The van der Waals surface area contributed by atoms with Crippen LogP contribution in [0.25, 0.3) is 0 Å². The molecular formula is C32H46N3OP. The average Bonchev–Trinajstić information content (AvgIpc) is 3.35. The summed E-state index contributed by atoms with van der Waals surface area (Å²) in [6.07, 6.45) is 9.12. The lowest BCUT2D eigenvalue weighted by molar-refractivity contribution is -0.106. The first-order valence-electron chi connectivity index (χ1n) is 13.3. The van der Waals surface area contributed by atoms with Gasteiger partial charge in [-0.3, -0.25) is 14.8 Å². The SMILES string of the molecule is CCCN(CCC)CC1=CC=C(C#CCCNP)C1.Cc1ccc([C@H](C)c2ccccc2)cc1.NC=O. The lowest BCUT2D eigenvalue weighted by Crippen LogP contribution is -2.27. The topological polar surface area (TPSA) is 58.4 Å². The molecule has 1 aliphatic carbocycles. The third-order valence-electron chi connectivity index (χ3n) is 5.96. The highest BCUT2D eigenvalue weighted by Crippen LogP contribution is 2.23. The molecular weight excluding hydrogens is 473 g/mol. The number of benzene rings is 2. The molecule has 2 aromatic carbocycles. The van der Waals surface area contributed by atoms with Crippen LogP contribution in [0.15, 0.2) is 77.9 Å². The molecule has 4 nitrogen and oxygen atoms in total. The van der Waals surface area contributed by atoms with E-state index in [4.69, 9.17) is 4.79 Å². The molecule has 3 rings (SSSR count). The van der Waals surface area contributed by atoms with E-state index >= 15 is 0 Å². The van der Waals surface area contributed by atoms with Crippen LogP contribution < -0.4 is 10.8 Å². The fourth-order valence-corrected chi connectivity index (χ4v) is 4.21. The fourth-order valence-electron chi connectivity index (χ4n) is 4.06. The molecule has 0 aromatic heterocycles. The van der Waals surface area contributed by atoms with Gasteiger partial charge >= 0.3 is 0 Å². The zero-order chi connectivity index (χ0) is 27.3. The lowest BCUT2D eigenvalue weighted by Gasteiger charge is -2.21. The van der Waals surface area contributed by atoms with Crippen molar-refractivity contribution in [1.82, 2.24) is 9.99 Å². The van der Waals surface area contributed by atoms with Crippen LogP contribution in [0.3, 0.4) is 0 Å². The maximum atomic E-state index is 8.58. The summed E-state index contributed by atoms with van der Waals surface area (Å²) in [5.41, 5.74) is 11.0. The first-order chi connectivity index (χ1) is 18.0. The maximum Gasteiger partial charge on any atom is 0.204 e. The third-order valence-corrected chi connectivity index (χ3v) is 6.25. The molecule has 0 radical (unpaired) electrons. The molecule has 3 N–H and O–H groups in total. The van der Waals surface area contributed by atoms with E-state index < -0.39 is 0 Å². The summed E-state index contributed by atoms with van der Waals surface area (Å²) in [6, 6.07) is 19.4. The molecule has 0 aliphatic heterocycles. The van der Waals surface area contributed by atoms with E-state index in [1.54, 1.807) is 0 Å². The summed E-state index contributed by atoms with van der Waals surface area (Å²) < 4.78 is 0. The molecule has 0 saturated heterocycles. The van der Waals surface area contributed by atoms with Gasteiger partial charge in [0.1, 0.15) is 0 Å². The van der Waals surface area contributed by atoms with Crippen molar-refractivity contribution in [2.45, 2.75) is 59.3 Å². The average molecular weight is 520 g/mol. The van der Waals surface area contributed by atoms with Crippen LogP contribution in [-0.2, 0) is 4.79 Å². The number of nitrogens with one attached hydrogen (secondary N) is 1. The van der Waals surface area contributed by atoms with Gasteiger partial charge in [0, 0.05) is 37.4 Å². The van der Waals surface area contributed by atoms with E-state index in [9.17, 15) is 0 Å². The van der Waals surface area contributed by atoms with Crippen LogP contribution in [0.2, 0.25) is 0 Å². The van der Waals surface area contributed by atoms with Crippen LogP contribution in [0, 0.1) is 18.8 Å². The smallest absolute Gasteiger partial charge is 0.204 e. The Morgan fingerprint density at radius 3 is 2.19 bits per heavy atom. The first-order valence-corrected chi connectivity index (χ1v) is 13.9. The van der Waals surface area contributed by atoms with Gasteiger partial charge in [0.15, 0.2) is 0 Å². The summed E-state index contributed by atoms with van der Waals surface area (Å²) in [6.45, 7) is 13.3. The van der Waals surface area contributed by atoms with Gasteiger partial charge in [0.2, 0.25) is 6.41 Å². The number of carbonyl (C=O) groups excluding carboxylic acids is 1. The fraction of sp³-hybridized carbons (Fsp3) is 0.406. The number of amides is 1. The highest BCUT2D eigenvalue weighted by atomic mass is 31.0. The molecule has 0 spiro atoms. The molecule has 0 heterocycles. The van der Waals surface area contributed by atoms with Crippen LogP contribution in [-0.4, -0.2) is 37.5 Å². The number of nitrogens with two attached hydrogens (primary N) is 1. The van der Waals surface area contributed by atoms with Gasteiger partial charge < -0.3 is 5.73 Å². The summed E-state index contributed by atoms with van der Waals surface area (Å²) >= 11 is 0. The van der Waals surface area contributed by atoms with E-state index in [0.29, 0.717) is 5.92 Å². The molecule has 0 saturated carbocycles. The predicted molar refractivity (Wildman–Crippen MR) is 163 cm³/mol. The quantitative estimate of drug-likeness (QED) is 0.166. The molecule has 1 aliphatic rings. The van der Waals surface area contributed by atoms with E-state index in [1.165, 1.54) is 53.8 Å². The minimum absolute atomic E-state index is 0.250. The highest BCUT2D eigenvalue weighted by molar-refractivity contribution is 7.13. The molecule has 0 bridgehead atoms. The second kappa shape index (κ2) is 20.4. The van der Waals surface area contributed by atoms with Gasteiger partial charge in [-0.25, -0.2) is 0 Å². The maximum absolute atomic E-state index is 8.58. The second-order valence-corrected chi connectivity index (χ2v) is 9.56. The van der Waals surface area contributed by atoms with Gasteiger partial charge in [0.25, 0.3) is 0 Å². The van der Waals surface area contributed by atoms with Gasteiger partial charge in [-0.05, 0) is 44.0 Å². The van der Waals surface area contributed by atoms with Gasteiger partial charge in [-0.15, -0.1) is 0 Å². The Morgan fingerprint density at radius 2 is 1.62 bits per heavy atom. The minimum Gasteiger partial charge on any atom is -0.372 e. The number of primary amides is 1. The predicted octanol–water partition coefficient (Wildman–Crippen LogP) is 6.39. The normalized spacial score (nSPS) is 12.6. The number of rotatable bonds is 10. The summed E-state index contributed by atoms with van der Waals surface area (Å²) in [5, 5.41) is 3.03. The molecule has 200 valence electrons. The lowest BCUT2D eigenvalue weighted by atomic mass is 9.93. The molecule has 2 atom stereocenters. The molecule has 1 unspecified atom stereocenters. The second-order valence-electron chi connectivity index (χ2n) is 9.15. The Labute approximate surface area is 228 Å². The Kier molecular flexibility index (Phi) is 17.8. The number of hydrogen-bond acceptors (Lipinski definition) is 3. The van der Waals surface area contributed by atoms with Crippen LogP contribution in [0.4, 0.5) is 0 Å². The minimum atomic E-state index is 0.250. The van der Waals surface area contributed by atoms with Crippen molar-refractivity contribution in [1.29, 1.82) is 0 Å². The van der Waals surface area contributed by atoms with Crippen molar-refractivity contribution in [3.05, 3.63) is 94.6 Å². The van der Waals surface area contributed by atoms with Crippen molar-refractivity contribution in [3.63, 3.8) is 0 Å². The van der Waals surface area contributed by atoms with Crippen molar-refractivity contribution >= 4 is 15.8 Å². The van der Waals surface area contributed by atoms with E-state index in [0.717, 1.165) is 25.9 Å². The Bertz CT molecular complexity index is 998. The third kappa shape index (κ3) is 14.0. The summed E-state index contributed by atoms with van der Waals surface area (Å²) in [4.78, 5) is 11.1. The van der Waals surface area contributed by atoms with Crippen molar-refractivity contribution in [2.24, 2.45) is 5.73 Å². The van der Waals surface area contributed by atoms with E-state index in [-0.39, 0.29) is 6.41 Å². The number of allylic oxidation sites excluding steroid dienone is 3. The first kappa shape index (κ1) is 32.3. The standard InChI is InChI=1S/C16H27N2P.C15H16.CH3NO/c1-3-11-18(12-4-2)14-16-9-8-15(13-16)7-5-6-10-17-19;1-12-8-10-15(11-9-12)13(2)14-6-4-3-5-7-14;2-1-3/h8-9,17H,3-4,6,10-14,19H2,1-2H3;3-11,13H,1-2H3;1H,(H2,2,3)/t;13-;/m.1./s1. The van der Waals surface area contributed by atoms with Crippen molar-refractivity contribution in [2.75, 3.05) is 26.2 Å². The molecule has 5 heteroatoms. The van der Waals surface area contributed by atoms with Crippen LogP contribution >= 0.6 is 9.39 Å². The van der Waals surface area contributed by atoms with Crippen LogP contribution in [0.5, 0.6) is 0 Å². The van der Waals surface area contributed by atoms with E-state index in [1.807, 2.05) is 0 Å². The molecule has 37 heavy (non-hydrogen) atoms. The number of carbonyl (C=O) groups is 1. The Hall–Kier alpha value is -2.70. The molecule has 1 amide bonds. The summed E-state index contributed by atoms with van der Waals surface area (Å²) in [7, 11) is 2.51. The molecule has 2 aromatic rings. The van der Waals surface area contributed by atoms with Gasteiger partial charge in [-0.1, -0.05) is 120 Å². The zero-order valence-electron chi connectivity index (χ0n) is 23.2. The van der Waals surface area contributed by atoms with Gasteiger partial charge in [0.05, 0.1) is 0 Å². The number of nitrogens with zero attached hydrogens (tertiary/aromatic N) is 1.